The van der Waals surface area contributed by atoms with Gasteiger partial charge in [0.25, 0.3) is 0 Å². The summed E-state index contributed by atoms with van der Waals surface area (Å²) in [5.74, 6) is 0.450. The number of rotatable bonds is 3. The van der Waals surface area contributed by atoms with Crippen LogP contribution >= 0.6 is 0 Å². The van der Waals surface area contributed by atoms with Crippen molar-refractivity contribution in [2.75, 3.05) is 13.1 Å². The normalized spacial score (nSPS) is 35.6. The number of hydrogen-bond donors (Lipinski definition) is 1. The number of likely N-dealkylation sites (tertiary alicyclic amines) is 1. The molecule has 21 heavy (non-hydrogen) atoms. The highest BCUT2D eigenvalue weighted by molar-refractivity contribution is 5.83. The molecule has 1 heterocycles. The van der Waals surface area contributed by atoms with E-state index >= 15 is 0 Å². The zero-order valence-corrected chi connectivity index (χ0v) is 11.7. The Morgan fingerprint density at radius 3 is 2.62 bits per heavy atom. The summed E-state index contributed by atoms with van der Waals surface area (Å²) < 4.78 is 37.0. The fourth-order valence-corrected chi connectivity index (χ4v) is 4.11. The van der Waals surface area contributed by atoms with E-state index in [0.29, 0.717) is 11.8 Å². The number of carbonyl (C=O) groups is 2. The Bertz CT molecular complexity index is 452. The van der Waals surface area contributed by atoms with Gasteiger partial charge in [-0.3, -0.25) is 9.59 Å². The summed E-state index contributed by atoms with van der Waals surface area (Å²) in [6, 6.07) is -0.480. The van der Waals surface area contributed by atoms with Crippen molar-refractivity contribution < 1.29 is 22.8 Å². The molecule has 1 aliphatic heterocycles. The van der Waals surface area contributed by atoms with Crippen LogP contribution in [0.5, 0.6) is 0 Å². The van der Waals surface area contributed by atoms with Crippen molar-refractivity contribution in [1.29, 1.82) is 0 Å². The first kappa shape index (κ1) is 14.7. The van der Waals surface area contributed by atoms with Crippen LogP contribution in [0.15, 0.2) is 0 Å². The van der Waals surface area contributed by atoms with Gasteiger partial charge in [-0.2, -0.15) is 13.2 Å². The first-order chi connectivity index (χ1) is 9.82. The van der Waals surface area contributed by atoms with E-state index in [4.69, 9.17) is 0 Å². The molecule has 3 fully saturated rings. The van der Waals surface area contributed by atoms with Gasteiger partial charge in [0, 0.05) is 18.9 Å². The fraction of sp³-hybridized carbons (Fsp3) is 0.857. The molecule has 0 unspecified atom stereocenters. The average molecular weight is 304 g/mol. The van der Waals surface area contributed by atoms with E-state index in [0.717, 1.165) is 24.2 Å². The minimum atomic E-state index is -4.39. The van der Waals surface area contributed by atoms with Crippen LogP contribution in [0.4, 0.5) is 13.2 Å². The van der Waals surface area contributed by atoms with Crippen LogP contribution in [0, 0.1) is 17.8 Å². The van der Waals surface area contributed by atoms with Gasteiger partial charge in [0.2, 0.25) is 11.8 Å². The molecule has 2 aliphatic carbocycles. The summed E-state index contributed by atoms with van der Waals surface area (Å²) in [6.45, 7) is -1.27. The van der Waals surface area contributed by atoms with Crippen LogP contribution in [-0.4, -0.2) is 42.0 Å². The molecule has 2 amide bonds. The topological polar surface area (TPSA) is 49.4 Å². The number of fused-ring (bicyclic) bond motifs is 2. The van der Waals surface area contributed by atoms with E-state index in [1.54, 1.807) is 0 Å². The average Bonchev–Trinajstić information content (AvgIpc) is 3.04. The van der Waals surface area contributed by atoms with Crippen LogP contribution in [0.3, 0.4) is 0 Å². The van der Waals surface area contributed by atoms with Crippen LogP contribution in [0.25, 0.3) is 0 Å². The van der Waals surface area contributed by atoms with Gasteiger partial charge in [0.15, 0.2) is 0 Å². The Balaban J connectivity index is 1.52. The smallest absolute Gasteiger partial charge is 0.351 e. The quantitative estimate of drug-likeness (QED) is 0.863. The Morgan fingerprint density at radius 1 is 1.29 bits per heavy atom. The summed E-state index contributed by atoms with van der Waals surface area (Å²) in [4.78, 5) is 24.6. The van der Waals surface area contributed by atoms with E-state index < -0.39 is 24.7 Å². The summed E-state index contributed by atoms with van der Waals surface area (Å²) in [5.41, 5.74) is 0. The second-order valence-corrected chi connectivity index (χ2v) is 6.58. The van der Waals surface area contributed by atoms with E-state index in [1.807, 2.05) is 0 Å². The molecular weight excluding hydrogens is 285 g/mol. The van der Waals surface area contributed by atoms with Crippen molar-refractivity contribution in [3.63, 3.8) is 0 Å². The van der Waals surface area contributed by atoms with Gasteiger partial charge in [0.1, 0.15) is 6.54 Å². The molecule has 4 nitrogen and oxygen atoms in total. The van der Waals surface area contributed by atoms with Crippen LogP contribution in [0.2, 0.25) is 0 Å². The van der Waals surface area contributed by atoms with Gasteiger partial charge in [0.05, 0.1) is 6.04 Å². The highest BCUT2D eigenvalue weighted by atomic mass is 19.4. The molecule has 0 aromatic carbocycles. The lowest BCUT2D eigenvalue weighted by Gasteiger charge is -2.23. The standard InChI is InChI=1S/C14H19F3N2O2/c15-14(16,17)7-19-6-10(5-12(19)20)18-13(21)11-4-8-1-2-9(11)3-8/h8-11H,1-7H2,(H,18,21)/t8-,9-,10+,11+/m0/s1. The van der Waals surface area contributed by atoms with Crippen LogP contribution < -0.4 is 5.32 Å². The zero-order chi connectivity index (χ0) is 15.2. The van der Waals surface area contributed by atoms with Gasteiger partial charge in [-0.1, -0.05) is 6.42 Å². The summed E-state index contributed by atoms with van der Waals surface area (Å²) in [7, 11) is 0. The lowest BCUT2D eigenvalue weighted by molar-refractivity contribution is -0.157. The number of halogens is 3. The van der Waals surface area contributed by atoms with E-state index in [2.05, 4.69) is 5.32 Å². The zero-order valence-electron chi connectivity index (χ0n) is 11.7. The molecule has 1 N–H and O–H groups in total. The van der Waals surface area contributed by atoms with Gasteiger partial charge >= 0.3 is 6.18 Å². The second-order valence-electron chi connectivity index (χ2n) is 6.58. The van der Waals surface area contributed by atoms with Crippen molar-refractivity contribution >= 4 is 11.8 Å². The Kier molecular flexibility index (Phi) is 3.61. The lowest BCUT2D eigenvalue weighted by atomic mass is 9.88. The molecule has 3 rings (SSSR count). The summed E-state index contributed by atoms with van der Waals surface area (Å²) >= 11 is 0. The molecule has 1 saturated heterocycles. The maximum atomic E-state index is 12.3. The predicted octanol–water partition coefficient (Wildman–Crippen LogP) is 1.70. The largest absolute Gasteiger partial charge is 0.406 e. The first-order valence-electron chi connectivity index (χ1n) is 7.47. The highest BCUT2D eigenvalue weighted by Gasteiger charge is 2.44. The monoisotopic (exact) mass is 304 g/mol. The third kappa shape index (κ3) is 3.16. The molecule has 0 radical (unpaired) electrons. The maximum Gasteiger partial charge on any atom is 0.406 e. The number of nitrogens with zero attached hydrogens (tertiary/aromatic N) is 1. The minimum absolute atomic E-state index is 0.00415. The molecule has 4 atom stereocenters. The highest BCUT2D eigenvalue weighted by Crippen LogP contribution is 2.48. The molecule has 7 heteroatoms. The fourth-order valence-electron chi connectivity index (χ4n) is 4.11. The van der Waals surface area contributed by atoms with Gasteiger partial charge < -0.3 is 10.2 Å². The summed E-state index contributed by atoms with van der Waals surface area (Å²) in [6.07, 6.45) is -0.157. The second kappa shape index (κ2) is 5.18. The number of carbonyl (C=O) groups excluding carboxylic acids is 2. The molecule has 2 saturated carbocycles. The number of alkyl halides is 3. The minimum Gasteiger partial charge on any atom is -0.351 e. The first-order valence-corrected chi connectivity index (χ1v) is 7.47. The Morgan fingerprint density at radius 2 is 2.05 bits per heavy atom. The van der Waals surface area contributed by atoms with E-state index in [-0.39, 0.29) is 24.8 Å². The van der Waals surface area contributed by atoms with Crippen molar-refractivity contribution in [3.05, 3.63) is 0 Å². The number of amides is 2. The predicted molar refractivity (Wildman–Crippen MR) is 68.1 cm³/mol. The number of hydrogen-bond acceptors (Lipinski definition) is 2. The van der Waals surface area contributed by atoms with Crippen molar-refractivity contribution in [2.24, 2.45) is 17.8 Å². The Labute approximate surface area is 121 Å². The van der Waals surface area contributed by atoms with Crippen LogP contribution in [-0.2, 0) is 9.59 Å². The van der Waals surface area contributed by atoms with E-state index in [9.17, 15) is 22.8 Å². The third-order valence-electron chi connectivity index (χ3n) is 5.01. The SMILES string of the molecule is O=C(N[C@@H]1CC(=O)N(CC(F)(F)F)C1)[C@@H]1C[C@H]2CC[C@H]1C2. The Hall–Kier alpha value is -1.27. The number of nitrogens with one attached hydrogen (secondary N) is 1. The molecule has 0 aromatic heterocycles. The molecule has 3 aliphatic rings. The summed E-state index contributed by atoms with van der Waals surface area (Å²) in [5, 5.41) is 2.78. The van der Waals surface area contributed by atoms with Crippen molar-refractivity contribution in [2.45, 2.75) is 44.3 Å². The third-order valence-corrected chi connectivity index (χ3v) is 5.01. The van der Waals surface area contributed by atoms with Crippen LogP contribution in [0.1, 0.15) is 32.1 Å². The van der Waals surface area contributed by atoms with Gasteiger partial charge in [-0.15, -0.1) is 0 Å². The molecular formula is C14H19F3N2O2. The molecule has 2 bridgehead atoms. The van der Waals surface area contributed by atoms with Crippen molar-refractivity contribution in [1.82, 2.24) is 10.2 Å². The molecule has 0 aromatic rings. The maximum absolute atomic E-state index is 12.3. The molecule has 0 spiro atoms. The van der Waals surface area contributed by atoms with E-state index in [1.165, 1.54) is 6.42 Å². The van der Waals surface area contributed by atoms with Gasteiger partial charge in [-0.05, 0) is 31.1 Å². The van der Waals surface area contributed by atoms with Crippen molar-refractivity contribution in [3.8, 4) is 0 Å². The van der Waals surface area contributed by atoms with Gasteiger partial charge in [-0.25, -0.2) is 0 Å². The molecule has 118 valence electrons. The lowest BCUT2D eigenvalue weighted by Crippen LogP contribution is -2.43.